The van der Waals surface area contributed by atoms with E-state index in [2.05, 4.69) is 20.3 Å². The predicted octanol–water partition coefficient (Wildman–Crippen LogP) is 2.46. The van der Waals surface area contributed by atoms with Crippen molar-refractivity contribution < 1.29 is 18.3 Å². The molecule has 1 aliphatic rings. The lowest BCUT2D eigenvalue weighted by Crippen LogP contribution is -2.49. The van der Waals surface area contributed by atoms with Crippen LogP contribution < -0.4 is 9.64 Å². The van der Waals surface area contributed by atoms with Crippen LogP contribution in [0.2, 0.25) is 0 Å². The number of ether oxygens (including phenoxy) is 1. The van der Waals surface area contributed by atoms with Crippen LogP contribution in [0, 0.1) is 11.6 Å². The van der Waals surface area contributed by atoms with Crippen LogP contribution in [0.5, 0.6) is 5.75 Å². The molecule has 0 unspecified atom stereocenters. The van der Waals surface area contributed by atoms with Crippen LogP contribution in [0.3, 0.4) is 0 Å². The third-order valence-electron chi connectivity index (χ3n) is 5.56. The average Bonchev–Trinajstić information content (AvgIpc) is 3.28. The smallest absolute Gasteiger partial charge is 0.259 e. The number of nitrogens with zero attached hydrogens (tertiary/aromatic N) is 7. The SMILES string of the molecule is COc1cccc(-n2nnc3c(N4CCN(C(=O)c5c(F)cccc5F)CC4)ncnc32)c1. The van der Waals surface area contributed by atoms with Gasteiger partial charge in [0.05, 0.1) is 12.8 Å². The highest BCUT2D eigenvalue weighted by molar-refractivity contribution is 5.95. The molecule has 3 heterocycles. The summed E-state index contributed by atoms with van der Waals surface area (Å²) < 4.78 is 34.9. The summed E-state index contributed by atoms with van der Waals surface area (Å²) in [6.45, 7) is 1.39. The van der Waals surface area contributed by atoms with Gasteiger partial charge in [0.15, 0.2) is 17.0 Å². The molecule has 0 saturated carbocycles. The molecule has 1 amide bonds. The van der Waals surface area contributed by atoms with E-state index >= 15 is 0 Å². The number of hydrogen-bond donors (Lipinski definition) is 0. The molecule has 1 fully saturated rings. The number of fused-ring (bicyclic) bond motifs is 1. The van der Waals surface area contributed by atoms with Crippen molar-refractivity contribution in [1.29, 1.82) is 0 Å². The first-order valence-corrected chi connectivity index (χ1v) is 10.3. The van der Waals surface area contributed by atoms with Crippen LogP contribution in [0.15, 0.2) is 48.8 Å². The normalized spacial score (nSPS) is 14.0. The number of amides is 1. The second-order valence-electron chi connectivity index (χ2n) is 7.45. The minimum Gasteiger partial charge on any atom is -0.497 e. The topological polar surface area (TPSA) is 89.3 Å². The van der Waals surface area contributed by atoms with Crippen LogP contribution in [0.1, 0.15) is 10.4 Å². The Kier molecular flexibility index (Phi) is 5.29. The number of piperazine rings is 1. The summed E-state index contributed by atoms with van der Waals surface area (Å²) in [6.07, 6.45) is 1.43. The van der Waals surface area contributed by atoms with Gasteiger partial charge in [-0.2, -0.15) is 4.68 Å². The van der Waals surface area contributed by atoms with E-state index in [1.807, 2.05) is 29.2 Å². The largest absolute Gasteiger partial charge is 0.497 e. The summed E-state index contributed by atoms with van der Waals surface area (Å²) >= 11 is 0. The van der Waals surface area contributed by atoms with Crippen molar-refractivity contribution in [2.24, 2.45) is 0 Å². The highest BCUT2D eigenvalue weighted by atomic mass is 19.1. The van der Waals surface area contributed by atoms with E-state index in [0.29, 0.717) is 35.8 Å². The summed E-state index contributed by atoms with van der Waals surface area (Å²) in [4.78, 5) is 24.8. The van der Waals surface area contributed by atoms with E-state index in [4.69, 9.17) is 4.74 Å². The van der Waals surface area contributed by atoms with Gasteiger partial charge in [-0.1, -0.05) is 17.3 Å². The Labute approximate surface area is 187 Å². The highest BCUT2D eigenvalue weighted by Crippen LogP contribution is 2.25. The van der Waals surface area contributed by atoms with Crippen molar-refractivity contribution in [3.8, 4) is 11.4 Å². The van der Waals surface area contributed by atoms with Crippen molar-refractivity contribution in [2.45, 2.75) is 0 Å². The molecule has 1 aliphatic heterocycles. The highest BCUT2D eigenvalue weighted by Gasteiger charge is 2.28. The van der Waals surface area contributed by atoms with Crippen LogP contribution in [-0.4, -0.2) is 69.1 Å². The van der Waals surface area contributed by atoms with Gasteiger partial charge in [0.2, 0.25) is 0 Å². The zero-order valence-corrected chi connectivity index (χ0v) is 17.7. The van der Waals surface area contributed by atoms with Gasteiger partial charge in [-0.05, 0) is 24.3 Å². The van der Waals surface area contributed by atoms with Gasteiger partial charge < -0.3 is 14.5 Å². The monoisotopic (exact) mass is 451 g/mol. The Morgan fingerprint density at radius 2 is 1.73 bits per heavy atom. The fourth-order valence-corrected chi connectivity index (χ4v) is 3.87. The van der Waals surface area contributed by atoms with Crippen LogP contribution in [0.4, 0.5) is 14.6 Å². The number of methoxy groups -OCH3 is 1. The van der Waals surface area contributed by atoms with Crippen molar-refractivity contribution in [2.75, 3.05) is 38.2 Å². The molecule has 1 saturated heterocycles. The molecule has 2 aromatic heterocycles. The molecule has 0 aliphatic carbocycles. The van der Waals surface area contributed by atoms with Gasteiger partial charge in [-0.15, -0.1) is 5.10 Å². The number of benzene rings is 2. The van der Waals surface area contributed by atoms with Crippen molar-refractivity contribution in [1.82, 2.24) is 29.9 Å². The molecule has 0 bridgehead atoms. The minimum absolute atomic E-state index is 0.280. The molecule has 168 valence electrons. The molecule has 2 aromatic carbocycles. The van der Waals surface area contributed by atoms with Crippen LogP contribution in [-0.2, 0) is 0 Å². The van der Waals surface area contributed by atoms with E-state index in [1.165, 1.54) is 17.3 Å². The molecule has 0 N–H and O–H groups in total. The lowest BCUT2D eigenvalue weighted by Gasteiger charge is -2.35. The Bertz CT molecular complexity index is 1320. The molecule has 11 heteroatoms. The quantitative estimate of drug-likeness (QED) is 0.471. The number of carbonyl (C=O) groups is 1. The maximum atomic E-state index is 14.0. The van der Waals surface area contributed by atoms with E-state index in [-0.39, 0.29) is 13.1 Å². The van der Waals surface area contributed by atoms with E-state index in [1.54, 1.807) is 11.8 Å². The Morgan fingerprint density at radius 3 is 2.45 bits per heavy atom. The Balaban J connectivity index is 1.38. The first kappa shape index (κ1) is 20.7. The van der Waals surface area contributed by atoms with Gasteiger partial charge in [0, 0.05) is 32.2 Å². The molecule has 5 rings (SSSR count). The lowest BCUT2D eigenvalue weighted by molar-refractivity contribution is 0.0736. The van der Waals surface area contributed by atoms with Crippen LogP contribution in [0.25, 0.3) is 16.9 Å². The fraction of sp³-hybridized carbons (Fsp3) is 0.227. The molecule has 4 aromatic rings. The number of rotatable bonds is 4. The number of hydrogen-bond acceptors (Lipinski definition) is 7. The van der Waals surface area contributed by atoms with Crippen molar-refractivity contribution >= 4 is 22.9 Å². The van der Waals surface area contributed by atoms with Gasteiger partial charge >= 0.3 is 0 Å². The number of anilines is 1. The molecular formula is C22H19F2N7O2. The second kappa shape index (κ2) is 8.41. The first-order valence-electron chi connectivity index (χ1n) is 10.3. The zero-order chi connectivity index (χ0) is 22.9. The summed E-state index contributed by atoms with van der Waals surface area (Å²) in [5, 5.41) is 8.51. The molecule has 0 spiro atoms. The summed E-state index contributed by atoms with van der Waals surface area (Å²) in [5.41, 5.74) is 1.25. The molecule has 33 heavy (non-hydrogen) atoms. The van der Waals surface area contributed by atoms with E-state index in [0.717, 1.165) is 17.8 Å². The Hall–Kier alpha value is -4.15. The Morgan fingerprint density at radius 1 is 1.00 bits per heavy atom. The maximum absolute atomic E-state index is 14.0. The third kappa shape index (κ3) is 3.71. The summed E-state index contributed by atoms with van der Waals surface area (Å²) in [5.74, 6) is -1.14. The third-order valence-corrected chi connectivity index (χ3v) is 5.56. The molecule has 0 radical (unpaired) electrons. The van der Waals surface area contributed by atoms with Crippen LogP contribution >= 0.6 is 0 Å². The summed E-state index contributed by atoms with van der Waals surface area (Å²) in [7, 11) is 1.59. The first-order chi connectivity index (χ1) is 16.1. The number of halogens is 2. The minimum atomic E-state index is -0.867. The standard InChI is InChI=1S/C22H19F2N7O2/c1-33-15-5-2-4-14(12-15)31-21-19(27-28-31)20(25-13-26-21)29-8-10-30(11-9-29)22(32)18-16(23)6-3-7-17(18)24/h2-7,12-13H,8-11H2,1H3. The predicted molar refractivity (Wildman–Crippen MR) is 115 cm³/mol. The van der Waals surface area contributed by atoms with Gasteiger partial charge in [0.25, 0.3) is 5.91 Å². The van der Waals surface area contributed by atoms with Crippen molar-refractivity contribution in [3.63, 3.8) is 0 Å². The number of aromatic nitrogens is 5. The summed E-state index contributed by atoms with van der Waals surface area (Å²) in [6, 6.07) is 10.8. The molecule has 9 nitrogen and oxygen atoms in total. The average molecular weight is 451 g/mol. The number of carbonyl (C=O) groups excluding carboxylic acids is 1. The molecular weight excluding hydrogens is 432 g/mol. The van der Waals surface area contributed by atoms with Crippen molar-refractivity contribution in [3.05, 3.63) is 66.0 Å². The van der Waals surface area contributed by atoms with Gasteiger partial charge in [-0.3, -0.25) is 4.79 Å². The van der Waals surface area contributed by atoms with E-state index < -0.39 is 23.1 Å². The zero-order valence-electron chi connectivity index (χ0n) is 17.7. The maximum Gasteiger partial charge on any atom is 0.259 e. The lowest BCUT2D eigenvalue weighted by atomic mass is 10.1. The van der Waals surface area contributed by atoms with Gasteiger partial charge in [0.1, 0.15) is 29.3 Å². The molecule has 0 atom stereocenters. The fourth-order valence-electron chi connectivity index (χ4n) is 3.87. The van der Waals surface area contributed by atoms with E-state index in [9.17, 15) is 13.6 Å². The second-order valence-corrected chi connectivity index (χ2v) is 7.45. The van der Waals surface area contributed by atoms with Gasteiger partial charge in [-0.25, -0.2) is 18.7 Å².